The first-order valence-corrected chi connectivity index (χ1v) is 26.8. The largest absolute Gasteiger partial charge is 0.465 e. The quantitative estimate of drug-likeness (QED) is 0.0281. The van der Waals surface area contributed by atoms with Crippen LogP contribution in [0.1, 0.15) is 38.1 Å². The normalized spacial score (nSPS) is 26.1. The fourth-order valence-electron chi connectivity index (χ4n) is 8.79. The number of carboxylic acid groups (broad SMARTS) is 1. The Hall–Kier alpha value is -4.76. The number of rotatable bonds is 43. The molecule has 4 amide bonds. The van der Waals surface area contributed by atoms with Crippen LogP contribution in [0, 0.1) is 0 Å². The van der Waals surface area contributed by atoms with E-state index < -0.39 is 72.4 Å². The molecule has 9 N–H and O–H groups in total. The van der Waals surface area contributed by atoms with Crippen LogP contribution in [0.15, 0.2) is 12.4 Å². The van der Waals surface area contributed by atoms with Gasteiger partial charge in [-0.15, -0.1) is 10.2 Å². The number of carbonyl (C=O) groups is 4. The van der Waals surface area contributed by atoms with Gasteiger partial charge in [-0.2, -0.15) is 0 Å². The molecule has 10 atom stereocenters. The molecule has 2 aromatic heterocycles. The van der Waals surface area contributed by atoms with Crippen molar-refractivity contribution in [2.45, 2.75) is 119 Å². The van der Waals surface area contributed by atoms with Gasteiger partial charge in [0.25, 0.3) is 0 Å². The Labute approximate surface area is 467 Å². The summed E-state index contributed by atoms with van der Waals surface area (Å²) in [5, 5.41) is 77.9. The summed E-state index contributed by atoms with van der Waals surface area (Å²) in [7, 11) is 0. The molecule has 0 unspecified atom stereocenters. The minimum Gasteiger partial charge on any atom is -0.465 e. The topological polar surface area (TPSA) is 408 Å². The maximum absolute atomic E-state index is 12.7. The average Bonchev–Trinajstić information content (AvgIpc) is 3.41. The second-order valence-electron chi connectivity index (χ2n) is 19.4. The van der Waals surface area contributed by atoms with Gasteiger partial charge in [0.15, 0.2) is 12.6 Å². The van der Waals surface area contributed by atoms with Crippen LogP contribution in [-0.2, 0) is 107 Å². The molecule has 0 aliphatic carbocycles. The number of hydrogen-bond donors (Lipinski definition) is 9. The summed E-state index contributed by atoms with van der Waals surface area (Å²) in [6.07, 6.45) is -4.31. The highest BCUT2D eigenvalue weighted by Gasteiger charge is 2.61. The lowest BCUT2D eigenvalue weighted by Gasteiger charge is -2.42. The van der Waals surface area contributed by atoms with E-state index in [1.165, 1.54) is 13.8 Å². The van der Waals surface area contributed by atoms with Gasteiger partial charge in [0, 0.05) is 26.8 Å². The lowest BCUT2D eigenvalue weighted by molar-refractivity contribution is -0.238. The molecule has 0 spiro atoms. The molecule has 460 valence electrons. The summed E-state index contributed by atoms with van der Waals surface area (Å²) in [6.45, 7) is 8.22. The molecular weight excluding hydrogens is 1080 g/mol. The molecule has 33 nitrogen and oxygen atoms in total. The first-order chi connectivity index (χ1) is 39.2. The van der Waals surface area contributed by atoms with Crippen molar-refractivity contribution in [2.75, 3.05) is 139 Å². The van der Waals surface area contributed by atoms with Gasteiger partial charge in [-0.3, -0.25) is 14.4 Å². The van der Waals surface area contributed by atoms with Gasteiger partial charge in [0.2, 0.25) is 17.7 Å². The fraction of sp³-hybridized carbons (Fsp3) is 0.833. The Bertz CT molecular complexity index is 2040. The predicted molar refractivity (Wildman–Crippen MR) is 269 cm³/mol. The maximum atomic E-state index is 12.7. The molecule has 81 heavy (non-hydrogen) atoms. The van der Waals surface area contributed by atoms with Crippen LogP contribution in [0.2, 0.25) is 0 Å². The summed E-state index contributed by atoms with van der Waals surface area (Å²) >= 11 is 0. The van der Waals surface area contributed by atoms with E-state index in [4.69, 9.17) is 71.4 Å². The minimum atomic E-state index is -1.32. The lowest BCUT2D eigenvalue weighted by Crippen LogP contribution is -2.66. The van der Waals surface area contributed by atoms with E-state index in [9.17, 15) is 39.6 Å². The first-order valence-electron chi connectivity index (χ1n) is 26.8. The average molecular weight is 1170 g/mol. The Kier molecular flexibility index (Phi) is 28.1. The summed E-state index contributed by atoms with van der Waals surface area (Å²) in [5.74, 6) is -1.06. The van der Waals surface area contributed by atoms with Crippen molar-refractivity contribution < 1.29 is 111 Å². The molecule has 0 radical (unpaired) electrons. The molecule has 4 fully saturated rings. The number of amides is 4. The van der Waals surface area contributed by atoms with Gasteiger partial charge in [0.05, 0.1) is 177 Å². The maximum Gasteiger partial charge on any atom is 0.404 e. The van der Waals surface area contributed by atoms with E-state index in [2.05, 4.69) is 41.9 Å². The minimum absolute atomic E-state index is 0.00507. The Morgan fingerprint density at radius 2 is 1.00 bits per heavy atom. The molecular formula is C48H80N10O23. The smallest absolute Gasteiger partial charge is 0.404 e. The van der Waals surface area contributed by atoms with Crippen LogP contribution >= 0.6 is 0 Å². The van der Waals surface area contributed by atoms with E-state index in [1.807, 2.05) is 0 Å². The van der Waals surface area contributed by atoms with Gasteiger partial charge in [-0.05, 0) is 6.42 Å². The lowest BCUT2D eigenvalue weighted by atomic mass is 9.88. The van der Waals surface area contributed by atoms with Gasteiger partial charge in [-0.25, -0.2) is 14.2 Å². The summed E-state index contributed by atoms with van der Waals surface area (Å²) in [6, 6.07) is -2.33. The van der Waals surface area contributed by atoms with Crippen LogP contribution in [0.4, 0.5) is 4.79 Å². The number of hydrogen-bond acceptors (Lipinski definition) is 26. The third kappa shape index (κ3) is 21.7. The van der Waals surface area contributed by atoms with Crippen molar-refractivity contribution in [1.29, 1.82) is 0 Å². The molecule has 4 saturated heterocycles. The Balaban J connectivity index is 0.750. The highest BCUT2D eigenvalue weighted by Crippen LogP contribution is 2.38. The van der Waals surface area contributed by atoms with E-state index in [1.54, 1.807) is 21.8 Å². The number of nitrogens with zero attached hydrogens (tertiary/aromatic N) is 6. The predicted octanol–water partition coefficient (Wildman–Crippen LogP) is -5.03. The molecule has 33 heteroatoms. The summed E-state index contributed by atoms with van der Waals surface area (Å²) < 4.78 is 82.5. The van der Waals surface area contributed by atoms with E-state index >= 15 is 0 Å². The van der Waals surface area contributed by atoms with Crippen LogP contribution in [0.25, 0.3) is 0 Å². The monoisotopic (exact) mass is 1160 g/mol. The fourth-order valence-corrected chi connectivity index (χ4v) is 8.79. The van der Waals surface area contributed by atoms with Crippen LogP contribution in [0.5, 0.6) is 0 Å². The number of ether oxygens (including phenoxy) is 14. The van der Waals surface area contributed by atoms with Gasteiger partial charge >= 0.3 is 6.09 Å². The number of aromatic nitrogens is 6. The van der Waals surface area contributed by atoms with Gasteiger partial charge in [-0.1, -0.05) is 10.4 Å². The van der Waals surface area contributed by atoms with Crippen LogP contribution in [-0.4, -0.2) is 284 Å². The van der Waals surface area contributed by atoms with Crippen molar-refractivity contribution in [3.05, 3.63) is 23.8 Å². The summed E-state index contributed by atoms with van der Waals surface area (Å²) in [5.41, 5.74) is -1.37. The SMILES string of the molecule is CC(=O)N[C@H]1[C@H]2OC[C@@](COCCOCCOCCOCCn3cc(COCC(COCc4cn(CCOCCOCCOCCOC[C@]56CO[C@@H](O5)[C@H](NC(C)=O)[C@@H](O)[C@H]6O)nn4)NC(=O)CCCNC(=O)O)nn3)(O2)[C@H](O)[C@@H]1O. The Morgan fingerprint density at radius 3 is 1.40 bits per heavy atom. The van der Waals surface area contributed by atoms with E-state index in [0.29, 0.717) is 97.0 Å². The highest BCUT2D eigenvalue weighted by atomic mass is 16.8. The molecule has 2 aromatic rings. The zero-order valence-electron chi connectivity index (χ0n) is 45.7. The summed E-state index contributed by atoms with van der Waals surface area (Å²) in [4.78, 5) is 46.4. The number of aliphatic hydroxyl groups excluding tert-OH is 4. The van der Waals surface area contributed by atoms with Crippen LogP contribution in [0.3, 0.4) is 0 Å². The van der Waals surface area contributed by atoms with Gasteiger partial charge < -0.3 is 113 Å². The van der Waals surface area contributed by atoms with E-state index in [-0.39, 0.29) is 110 Å². The van der Waals surface area contributed by atoms with Crippen molar-refractivity contribution in [1.82, 2.24) is 51.3 Å². The molecule has 4 bridgehead atoms. The number of aliphatic hydroxyl groups is 4. The molecule has 4 aliphatic rings. The third-order valence-electron chi connectivity index (χ3n) is 12.9. The number of nitrogens with one attached hydrogen (secondary N) is 4. The van der Waals surface area contributed by atoms with Crippen molar-refractivity contribution in [3.63, 3.8) is 0 Å². The van der Waals surface area contributed by atoms with Crippen molar-refractivity contribution in [3.8, 4) is 0 Å². The number of carbonyl (C=O) groups excluding carboxylic acids is 3. The van der Waals surface area contributed by atoms with Crippen molar-refractivity contribution >= 4 is 23.8 Å². The second-order valence-corrected chi connectivity index (χ2v) is 19.4. The Morgan fingerprint density at radius 1 is 0.605 bits per heavy atom. The van der Waals surface area contributed by atoms with Crippen LogP contribution < -0.4 is 21.3 Å². The zero-order valence-corrected chi connectivity index (χ0v) is 45.7. The second kappa shape index (κ2) is 34.8. The number of fused-ring (bicyclic) bond motifs is 4. The first kappa shape index (κ1) is 65.4. The van der Waals surface area contributed by atoms with Gasteiger partial charge in [0.1, 0.15) is 59.1 Å². The highest BCUT2D eigenvalue weighted by molar-refractivity contribution is 5.76. The van der Waals surface area contributed by atoms with E-state index in [0.717, 1.165) is 0 Å². The standard InChI is InChI=1S/C48H80N10O23/c1-32(59)50-38-40(62)42(64)47(30-78-44(38)80-47)28-74-20-18-72-16-14-70-12-10-68-8-6-57-22-34(53-55-57)24-76-26-36(52-37(61)4-3-5-49-46(66)67)27-77-25-35-23-58(56-54-35)7-9-69-11-13-71-15-17-73-19-21-75-29-48-31-79-45(81-48)39(51-33(2)60)41(63)43(48)65/h22-23,36,38-45,49,62-65H,3-21,24-31H2,1-2H3,(H,50,59)(H,51,60)(H,52,61)(H,66,67)/t38-,39-,40-,41-,42-,43-,44+,45+,47-,48-/m1/s1. The third-order valence-corrected chi connectivity index (χ3v) is 12.9. The molecule has 0 saturated carbocycles. The zero-order chi connectivity index (χ0) is 57.9. The molecule has 6 rings (SSSR count). The molecule has 6 heterocycles. The molecule has 0 aromatic carbocycles. The van der Waals surface area contributed by atoms with Crippen molar-refractivity contribution in [2.24, 2.45) is 0 Å². The molecule has 4 aliphatic heterocycles.